The third kappa shape index (κ3) is 5.10. The molecular weight excluding hydrogens is 397 g/mol. The summed E-state index contributed by atoms with van der Waals surface area (Å²) in [7, 11) is -3.71. The van der Waals surface area contributed by atoms with Crippen molar-refractivity contribution in [2.75, 3.05) is 26.2 Å². The Labute approximate surface area is 165 Å². The van der Waals surface area contributed by atoms with Crippen LogP contribution < -0.4 is 10.2 Å². The number of carbonyl (C=O) groups is 1. The number of sulfonamides is 1. The van der Waals surface area contributed by atoms with Crippen molar-refractivity contribution in [1.82, 2.24) is 9.62 Å². The maximum absolute atomic E-state index is 12.9. The lowest BCUT2D eigenvalue weighted by molar-refractivity contribution is -0.917. The molecule has 9 heteroatoms. The number of hydrogen-bond acceptors (Lipinski definition) is 3. The molecule has 0 aliphatic carbocycles. The van der Waals surface area contributed by atoms with Gasteiger partial charge in [-0.1, -0.05) is 23.2 Å². The SMILES string of the molecule is C[C@H](C(=O)NC(C)(C)C)[NH+]1CCN(S(=O)(=O)c2cc(Cl)ccc2Cl)CC1. The molecule has 6 nitrogen and oxygen atoms in total. The maximum Gasteiger partial charge on any atom is 0.278 e. The van der Waals surface area contributed by atoms with Crippen LogP contribution in [0, 0.1) is 0 Å². The maximum atomic E-state index is 12.9. The lowest BCUT2D eigenvalue weighted by Crippen LogP contribution is -3.19. The van der Waals surface area contributed by atoms with E-state index in [1.54, 1.807) is 6.07 Å². The van der Waals surface area contributed by atoms with Gasteiger partial charge in [-0.05, 0) is 45.9 Å². The van der Waals surface area contributed by atoms with Crippen molar-refractivity contribution in [3.63, 3.8) is 0 Å². The van der Waals surface area contributed by atoms with E-state index in [1.165, 1.54) is 16.4 Å². The highest BCUT2D eigenvalue weighted by Crippen LogP contribution is 2.27. The van der Waals surface area contributed by atoms with Crippen molar-refractivity contribution >= 4 is 39.1 Å². The van der Waals surface area contributed by atoms with Crippen molar-refractivity contribution in [3.05, 3.63) is 28.2 Å². The van der Waals surface area contributed by atoms with Gasteiger partial charge in [0.2, 0.25) is 10.0 Å². The zero-order chi connectivity index (χ0) is 19.7. The van der Waals surface area contributed by atoms with Gasteiger partial charge in [-0.15, -0.1) is 0 Å². The lowest BCUT2D eigenvalue weighted by atomic mass is 10.1. The zero-order valence-corrected chi connectivity index (χ0v) is 17.8. The van der Waals surface area contributed by atoms with Crippen LogP contribution in [-0.4, -0.2) is 56.4 Å². The molecule has 0 aromatic heterocycles. The van der Waals surface area contributed by atoms with Crippen molar-refractivity contribution in [2.45, 2.75) is 44.2 Å². The average Bonchev–Trinajstić information content (AvgIpc) is 2.54. The van der Waals surface area contributed by atoms with Crippen LogP contribution in [0.4, 0.5) is 0 Å². The first-order valence-electron chi connectivity index (χ1n) is 8.53. The highest BCUT2D eigenvalue weighted by molar-refractivity contribution is 7.89. The number of rotatable bonds is 4. The van der Waals surface area contributed by atoms with Crippen molar-refractivity contribution in [2.24, 2.45) is 0 Å². The van der Waals surface area contributed by atoms with Gasteiger partial charge in [-0.2, -0.15) is 4.31 Å². The van der Waals surface area contributed by atoms with Crippen LogP contribution in [-0.2, 0) is 14.8 Å². The average molecular weight is 423 g/mol. The minimum absolute atomic E-state index is 0.0219. The second kappa shape index (κ2) is 8.02. The fraction of sp³-hybridized carbons (Fsp3) is 0.588. The van der Waals surface area contributed by atoms with Gasteiger partial charge >= 0.3 is 0 Å². The van der Waals surface area contributed by atoms with E-state index in [0.717, 1.165) is 4.90 Å². The van der Waals surface area contributed by atoms with Crippen molar-refractivity contribution in [3.8, 4) is 0 Å². The number of quaternary nitrogens is 1. The summed E-state index contributed by atoms with van der Waals surface area (Å²) in [6.45, 7) is 9.44. The van der Waals surface area contributed by atoms with Gasteiger partial charge in [0.05, 0.1) is 31.2 Å². The van der Waals surface area contributed by atoms with Gasteiger partial charge in [0, 0.05) is 10.6 Å². The third-order valence-electron chi connectivity index (χ3n) is 4.38. The highest BCUT2D eigenvalue weighted by atomic mass is 35.5. The summed E-state index contributed by atoms with van der Waals surface area (Å²) in [5.41, 5.74) is -0.292. The normalized spacial score (nSPS) is 18.5. The van der Waals surface area contributed by atoms with Crippen LogP contribution in [0.1, 0.15) is 27.7 Å². The lowest BCUT2D eigenvalue weighted by Gasteiger charge is -2.35. The van der Waals surface area contributed by atoms with E-state index in [4.69, 9.17) is 23.2 Å². The minimum atomic E-state index is -3.71. The molecule has 0 spiro atoms. The highest BCUT2D eigenvalue weighted by Gasteiger charge is 2.36. The van der Waals surface area contributed by atoms with E-state index in [1.807, 2.05) is 27.7 Å². The molecule has 1 amide bonds. The Hall–Kier alpha value is -0.860. The van der Waals surface area contributed by atoms with Crippen LogP contribution in [0.15, 0.2) is 23.1 Å². The largest absolute Gasteiger partial charge is 0.346 e. The Morgan fingerprint density at radius 1 is 1.23 bits per heavy atom. The summed E-state index contributed by atoms with van der Waals surface area (Å²) in [5.74, 6) is -0.0262. The van der Waals surface area contributed by atoms with Crippen LogP contribution in [0.5, 0.6) is 0 Å². The van der Waals surface area contributed by atoms with Crippen molar-refractivity contribution < 1.29 is 18.1 Å². The Morgan fingerprint density at radius 3 is 2.35 bits per heavy atom. The monoisotopic (exact) mass is 422 g/mol. The first-order chi connectivity index (χ1) is 11.9. The van der Waals surface area contributed by atoms with E-state index < -0.39 is 10.0 Å². The molecule has 1 aliphatic heterocycles. The number of halogens is 2. The minimum Gasteiger partial charge on any atom is -0.346 e. The first-order valence-corrected chi connectivity index (χ1v) is 10.7. The third-order valence-corrected chi connectivity index (χ3v) is 6.99. The number of nitrogens with zero attached hydrogens (tertiary/aromatic N) is 1. The van der Waals surface area contributed by atoms with Crippen molar-refractivity contribution in [1.29, 1.82) is 0 Å². The molecule has 2 rings (SSSR count). The fourth-order valence-electron chi connectivity index (χ4n) is 2.92. The van der Waals surface area contributed by atoms with Gasteiger partial charge < -0.3 is 10.2 Å². The fourth-order valence-corrected chi connectivity index (χ4v) is 5.10. The second-order valence-electron chi connectivity index (χ2n) is 7.60. The molecule has 1 aliphatic rings. The van der Waals surface area contributed by atoms with Gasteiger partial charge in [-0.3, -0.25) is 4.79 Å². The molecule has 0 saturated carbocycles. The summed E-state index contributed by atoms with van der Waals surface area (Å²) < 4.78 is 27.1. The predicted molar refractivity (Wildman–Crippen MR) is 103 cm³/mol. The van der Waals surface area contributed by atoms with E-state index >= 15 is 0 Å². The number of benzene rings is 1. The van der Waals surface area contributed by atoms with Crippen LogP contribution in [0.25, 0.3) is 0 Å². The summed E-state index contributed by atoms with van der Waals surface area (Å²) in [6, 6.07) is 4.17. The molecule has 0 bridgehead atoms. The molecular formula is C17H26Cl2N3O3S+. The Bertz CT molecular complexity index is 770. The molecule has 0 radical (unpaired) electrons. The van der Waals surface area contributed by atoms with Crippen LogP contribution >= 0.6 is 23.2 Å². The molecule has 1 aromatic rings. The van der Waals surface area contributed by atoms with Crippen LogP contribution in [0.2, 0.25) is 10.0 Å². The number of nitrogens with one attached hydrogen (secondary N) is 2. The quantitative estimate of drug-likeness (QED) is 0.765. The Kier molecular flexibility index (Phi) is 6.62. The Morgan fingerprint density at radius 2 is 1.81 bits per heavy atom. The molecule has 2 N–H and O–H groups in total. The number of carbonyl (C=O) groups excluding carboxylic acids is 1. The number of hydrogen-bond donors (Lipinski definition) is 2. The van der Waals surface area contributed by atoms with Gasteiger partial charge in [0.15, 0.2) is 6.04 Å². The van der Waals surface area contributed by atoms with Gasteiger partial charge in [0.25, 0.3) is 5.91 Å². The summed E-state index contributed by atoms with van der Waals surface area (Å²) in [5, 5.41) is 3.45. The molecule has 1 fully saturated rings. The molecule has 146 valence electrons. The van der Waals surface area contributed by atoms with Crippen LogP contribution in [0.3, 0.4) is 0 Å². The molecule has 1 heterocycles. The van der Waals surface area contributed by atoms with Gasteiger partial charge in [-0.25, -0.2) is 8.42 Å². The standard InChI is InChI=1S/C17H25Cl2N3O3S/c1-12(16(23)20-17(2,3)4)21-7-9-22(10-8-21)26(24,25)15-11-13(18)5-6-14(15)19/h5-6,11-12H,7-10H2,1-4H3,(H,20,23)/p+1/t12-/m1/s1. The molecule has 26 heavy (non-hydrogen) atoms. The zero-order valence-electron chi connectivity index (χ0n) is 15.5. The summed E-state index contributed by atoms with van der Waals surface area (Å²) >= 11 is 12.0. The summed E-state index contributed by atoms with van der Waals surface area (Å²) in [4.78, 5) is 13.4. The Balaban J connectivity index is 2.06. The van der Waals surface area contributed by atoms with E-state index in [-0.39, 0.29) is 27.4 Å². The molecule has 1 saturated heterocycles. The smallest absolute Gasteiger partial charge is 0.278 e. The predicted octanol–water partition coefficient (Wildman–Crippen LogP) is 1.19. The molecule has 1 aromatic carbocycles. The van der Waals surface area contributed by atoms with E-state index in [2.05, 4.69) is 5.32 Å². The molecule has 0 unspecified atom stereocenters. The topological polar surface area (TPSA) is 70.9 Å². The summed E-state index contributed by atoms with van der Waals surface area (Å²) in [6.07, 6.45) is 0. The number of amides is 1. The van der Waals surface area contributed by atoms with E-state index in [9.17, 15) is 13.2 Å². The number of piperazine rings is 1. The van der Waals surface area contributed by atoms with E-state index in [0.29, 0.717) is 31.2 Å². The molecule has 1 atom stereocenters. The van der Waals surface area contributed by atoms with Gasteiger partial charge in [0.1, 0.15) is 4.90 Å². The second-order valence-corrected chi connectivity index (χ2v) is 10.3. The first kappa shape index (κ1) is 21.4.